The Labute approximate surface area is 129 Å². The van der Waals surface area contributed by atoms with Crippen LogP contribution in [-0.4, -0.2) is 44.9 Å². The molecule has 0 radical (unpaired) electrons. The number of fused-ring (bicyclic) bond motifs is 1. The summed E-state index contributed by atoms with van der Waals surface area (Å²) in [4.78, 5) is 21.5. The first-order valence-corrected chi connectivity index (χ1v) is 7.76. The van der Waals surface area contributed by atoms with Crippen LogP contribution < -0.4 is 0 Å². The van der Waals surface area contributed by atoms with E-state index in [0.29, 0.717) is 6.54 Å². The molecular formula is C16H20N4O2. The van der Waals surface area contributed by atoms with E-state index in [2.05, 4.69) is 9.88 Å². The minimum absolute atomic E-state index is 0.119. The second kappa shape index (κ2) is 5.28. The van der Waals surface area contributed by atoms with E-state index in [-0.39, 0.29) is 11.8 Å². The van der Waals surface area contributed by atoms with Crippen LogP contribution in [0.25, 0.3) is 0 Å². The molecule has 0 aliphatic carbocycles. The maximum absolute atomic E-state index is 12.8. The first-order chi connectivity index (χ1) is 10.7. The van der Waals surface area contributed by atoms with Crippen LogP contribution in [0.4, 0.5) is 0 Å². The number of hydrogen-bond acceptors (Lipinski definition) is 4. The molecule has 6 nitrogen and oxygen atoms in total. The number of likely N-dealkylation sites (tertiary alicyclic amines) is 1. The summed E-state index contributed by atoms with van der Waals surface area (Å²) < 4.78 is 7.44. The van der Waals surface area contributed by atoms with Gasteiger partial charge < -0.3 is 13.9 Å². The quantitative estimate of drug-likeness (QED) is 0.858. The molecular weight excluding hydrogens is 280 g/mol. The summed E-state index contributed by atoms with van der Waals surface area (Å²) in [6.07, 6.45) is 4.62. The molecule has 2 aliphatic rings. The highest BCUT2D eigenvalue weighted by Gasteiger charge is 2.37. The van der Waals surface area contributed by atoms with Gasteiger partial charge in [-0.2, -0.15) is 0 Å². The second-order valence-corrected chi connectivity index (χ2v) is 6.17. The molecule has 0 saturated carbocycles. The van der Waals surface area contributed by atoms with Gasteiger partial charge in [-0.1, -0.05) is 0 Å². The normalized spacial score (nSPS) is 21.5. The van der Waals surface area contributed by atoms with Crippen molar-refractivity contribution in [3.8, 4) is 0 Å². The number of hydrogen-bond donors (Lipinski definition) is 0. The molecule has 1 amide bonds. The summed E-state index contributed by atoms with van der Waals surface area (Å²) in [5.74, 6) is 1.04. The molecule has 1 saturated heterocycles. The molecule has 4 rings (SSSR count). The highest BCUT2D eigenvalue weighted by Crippen LogP contribution is 2.31. The predicted molar refractivity (Wildman–Crippen MR) is 80.0 cm³/mol. The Balaban J connectivity index is 1.60. The molecule has 22 heavy (non-hydrogen) atoms. The molecule has 0 spiro atoms. The summed E-state index contributed by atoms with van der Waals surface area (Å²) in [7, 11) is 1.98. The Kier molecular flexibility index (Phi) is 3.26. The monoisotopic (exact) mass is 300 g/mol. The molecule has 2 aromatic heterocycles. The van der Waals surface area contributed by atoms with Crippen LogP contribution in [-0.2, 0) is 24.9 Å². The standard InChI is InChI=1S/C16H20N4O2/c1-18-11-17-14-10-19(8-12-4-2-7-22-12)9-13(15(14)18)16(21)20-5-3-6-20/h2,4,7,11,13H,3,5-6,8-10H2,1H3/t13-/m1/s1. The molecule has 6 heteroatoms. The molecule has 0 unspecified atom stereocenters. The van der Waals surface area contributed by atoms with Crippen LogP contribution in [0.3, 0.4) is 0 Å². The molecule has 2 aliphatic heterocycles. The fraction of sp³-hybridized carbons (Fsp3) is 0.500. The van der Waals surface area contributed by atoms with E-state index in [4.69, 9.17) is 4.42 Å². The van der Waals surface area contributed by atoms with Crippen molar-refractivity contribution >= 4 is 5.91 Å². The largest absolute Gasteiger partial charge is 0.468 e. The van der Waals surface area contributed by atoms with Crippen molar-refractivity contribution in [1.29, 1.82) is 0 Å². The average molecular weight is 300 g/mol. The minimum atomic E-state index is -0.119. The smallest absolute Gasteiger partial charge is 0.233 e. The number of furan rings is 1. The van der Waals surface area contributed by atoms with Gasteiger partial charge in [0, 0.05) is 33.2 Å². The summed E-state index contributed by atoms with van der Waals surface area (Å²) >= 11 is 0. The fourth-order valence-electron chi connectivity index (χ4n) is 3.37. The van der Waals surface area contributed by atoms with Crippen molar-refractivity contribution in [3.05, 3.63) is 41.9 Å². The molecule has 1 fully saturated rings. The highest BCUT2D eigenvalue weighted by atomic mass is 16.3. The van der Waals surface area contributed by atoms with Crippen molar-refractivity contribution < 1.29 is 9.21 Å². The molecule has 4 heterocycles. The van der Waals surface area contributed by atoms with Crippen LogP contribution >= 0.6 is 0 Å². The number of amides is 1. The van der Waals surface area contributed by atoms with Crippen molar-refractivity contribution in [1.82, 2.24) is 19.4 Å². The van der Waals surface area contributed by atoms with E-state index < -0.39 is 0 Å². The van der Waals surface area contributed by atoms with Crippen molar-refractivity contribution in [2.45, 2.75) is 25.4 Å². The highest BCUT2D eigenvalue weighted by molar-refractivity contribution is 5.84. The summed E-state index contributed by atoms with van der Waals surface area (Å²) in [5, 5.41) is 0. The molecule has 116 valence electrons. The minimum Gasteiger partial charge on any atom is -0.468 e. The van der Waals surface area contributed by atoms with E-state index in [0.717, 1.165) is 49.7 Å². The van der Waals surface area contributed by atoms with Gasteiger partial charge in [-0.25, -0.2) is 4.98 Å². The zero-order valence-corrected chi connectivity index (χ0v) is 12.7. The lowest BCUT2D eigenvalue weighted by Gasteiger charge is -2.38. The molecule has 0 bridgehead atoms. The lowest BCUT2D eigenvalue weighted by molar-refractivity contribution is -0.137. The fourth-order valence-corrected chi connectivity index (χ4v) is 3.37. The van der Waals surface area contributed by atoms with Crippen LogP contribution in [0.1, 0.15) is 29.5 Å². The van der Waals surface area contributed by atoms with Crippen LogP contribution in [0.5, 0.6) is 0 Å². The maximum Gasteiger partial charge on any atom is 0.233 e. The van der Waals surface area contributed by atoms with Gasteiger partial charge in [-0.05, 0) is 18.6 Å². The van der Waals surface area contributed by atoms with Gasteiger partial charge in [0.15, 0.2) is 0 Å². The molecule has 2 aromatic rings. The third kappa shape index (κ3) is 2.23. The third-order valence-electron chi connectivity index (χ3n) is 4.63. The van der Waals surface area contributed by atoms with E-state index in [1.54, 1.807) is 6.26 Å². The first-order valence-electron chi connectivity index (χ1n) is 7.76. The number of aryl methyl sites for hydroxylation is 1. The molecule has 0 N–H and O–H groups in total. The van der Waals surface area contributed by atoms with Gasteiger partial charge in [-0.3, -0.25) is 9.69 Å². The number of imidazole rings is 1. The van der Waals surface area contributed by atoms with E-state index in [9.17, 15) is 4.79 Å². The van der Waals surface area contributed by atoms with Crippen LogP contribution in [0.2, 0.25) is 0 Å². The topological polar surface area (TPSA) is 54.5 Å². The number of carbonyl (C=O) groups excluding carboxylic acids is 1. The Morgan fingerprint density at radius 1 is 1.45 bits per heavy atom. The van der Waals surface area contributed by atoms with Gasteiger partial charge in [0.2, 0.25) is 5.91 Å². The lowest BCUT2D eigenvalue weighted by Crippen LogP contribution is -2.48. The number of rotatable bonds is 3. The predicted octanol–water partition coefficient (Wildman–Crippen LogP) is 1.34. The Hall–Kier alpha value is -2.08. The Bertz CT molecular complexity index is 672. The maximum atomic E-state index is 12.8. The van der Waals surface area contributed by atoms with Crippen LogP contribution in [0, 0.1) is 0 Å². The van der Waals surface area contributed by atoms with E-state index >= 15 is 0 Å². The molecule has 0 aromatic carbocycles. The average Bonchev–Trinajstić information content (AvgIpc) is 3.07. The second-order valence-electron chi connectivity index (χ2n) is 6.17. The number of nitrogens with zero attached hydrogens (tertiary/aromatic N) is 4. The Morgan fingerprint density at radius 2 is 2.32 bits per heavy atom. The summed E-state index contributed by atoms with van der Waals surface area (Å²) in [6, 6.07) is 3.87. The summed E-state index contributed by atoms with van der Waals surface area (Å²) in [5.41, 5.74) is 2.09. The van der Waals surface area contributed by atoms with Gasteiger partial charge >= 0.3 is 0 Å². The third-order valence-corrected chi connectivity index (χ3v) is 4.63. The summed E-state index contributed by atoms with van der Waals surface area (Å²) in [6.45, 7) is 3.98. The zero-order valence-electron chi connectivity index (χ0n) is 12.7. The SMILES string of the molecule is Cn1cnc2c1[C@H](C(=O)N1CCC1)CN(Cc1ccco1)C2. The first kappa shape index (κ1) is 13.6. The van der Waals surface area contributed by atoms with E-state index in [1.165, 1.54) is 0 Å². The zero-order chi connectivity index (χ0) is 15.1. The lowest BCUT2D eigenvalue weighted by atomic mass is 9.95. The molecule has 1 atom stereocenters. The van der Waals surface area contributed by atoms with Crippen molar-refractivity contribution in [2.24, 2.45) is 7.05 Å². The van der Waals surface area contributed by atoms with Crippen molar-refractivity contribution in [2.75, 3.05) is 19.6 Å². The number of carbonyl (C=O) groups is 1. The Morgan fingerprint density at radius 3 is 3.00 bits per heavy atom. The van der Waals surface area contributed by atoms with Gasteiger partial charge in [0.05, 0.1) is 36.4 Å². The van der Waals surface area contributed by atoms with Crippen molar-refractivity contribution in [3.63, 3.8) is 0 Å². The van der Waals surface area contributed by atoms with E-state index in [1.807, 2.05) is 35.0 Å². The van der Waals surface area contributed by atoms with Gasteiger partial charge in [0.1, 0.15) is 5.76 Å². The van der Waals surface area contributed by atoms with Gasteiger partial charge in [0.25, 0.3) is 0 Å². The number of aromatic nitrogens is 2. The van der Waals surface area contributed by atoms with Crippen LogP contribution in [0.15, 0.2) is 29.1 Å². The van der Waals surface area contributed by atoms with Gasteiger partial charge in [-0.15, -0.1) is 0 Å².